The van der Waals surface area contributed by atoms with E-state index in [-0.39, 0.29) is 29.8 Å². The summed E-state index contributed by atoms with van der Waals surface area (Å²) in [6.07, 6.45) is 0.993. The molecule has 0 saturated heterocycles. The highest BCUT2D eigenvalue weighted by atomic mass is 79.9. The van der Waals surface area contributed by atoms with Gasteiger partial charge in [0.15, 0.2) is 0 Å². The van der Waals surface area contributed by atoms with Crippen molar-refractivity contribution in [3.8, 4) is 0 Å². The molecule has 4 aromatic carbocycles. The highest BCUT2D eigenvalue weighted by Gasteiger charge is 2.35. The predicted octanol–water partition coefficient (Wildman–Crippen LogP) is 6.51. The average Bonchev–Trinajstić information content (AvgIpc) is 3.03. The Hall–Kier alpha value is -3.95. The van der Waals surface area contributed by atoms with Gasteiger partial charge in [-0.3, -0.25) is 13.9 Å². The van der Waals surface area contributed by atoms with Crippen molar-refractivity contribution in [2.24, 2.45) is 0 Å². The first kappa shape index (κ1) is 33.0. The van der Waals surface area contributed by atoms with Crippen molar-refractivity contribution in [1.29, 1.82) is 0 Å². The van der Waals surface area contributed by atoms with Gasteiger partial charge in [-0.1, -0.05) is 101 Å². The minimum atomic E-state index is -4.14. The predicted molar refractivity (Wildman–Crippen MR) is 179 cm³/mol. The van der Waals surface area contributed by atoms with Crippen molar-refractivity contribution in [3.63, 3.8) is 0 Å². The molecular formula is C35H38BrN3O4S. The Morgan fingerprint density at radius 1 is 0.818 bits per heavy atom. The summed E-state index contributed by atoms with van der Waals surface area (Å²) in [5, 5.41) is 3.05. The van der Waals surface area contributed by atoms with E-state index < -0.39 is 28.5 Å². The molecule has 44 heavy (non-hydrogen) atoms. The van der Waals surface area contributed by atoms with Crippen LogP contribution in [0.2, 0.25) is 0 Å². The van der Waals surface area contributed by atoms with Crippen LogP contribution in [-0.4, -0.2) is 43.8 Å². The third-order valence-electron chi connectivity index (χ3n) is 7.47. The third-order valence-corrected chi connectivity index (χ3v) is 9.79. The summed E-state index contributed by atoms with van der Waals surface area (Å²) in [7, 11) is -4.14. The highest BCUT2D eigenvalue weighted by molar-refractivity contribution is 9.10. The van der Waals surface area contributed by atoms with Crippen LogP contribution >= 0.6 is 15.9 Å². The van der Waals surface area contributed by atoms with Crippen LogP contribution in [0.4, 0.5) is 5.69 Å². The SMILES string of the molecule is CC[C@H](C)NC(=O)[C@H](Cc1ccccc1)N(Cc1ccccc1)C(=O)CN(c1ccc(Br)cc1)S(=O)(=O)c1ccc(C)cc1. The first-order valence-electron chi connectivity index (χ1n) is 14.6. The number of carbonyl (C=O) groups excluding carboxylic acids is 2. The zero-order valence-electron chi connectivity index (χ0n) is 25.2. The van der Waals surface area contributed by atoms with E-state index in [1.807, 2.05) is 81.4 Å². The Bertz CT molecular complexity index is 1630. The molecule has 0 bridgehead atoms. The largest absolute Gasteiger partial charge is 0.352 e. The topological polar surface area (TPSA) is 86.8 Å². The van der Waals surface area contributed by atoms with Crippen LogP contribution in [0.1, 0.15) is 37.0 Å². The molecule has 0 aliphatic heterocycles. The number of nitrogens with one attached hydrogen (secondary N) is 1. The van der Waals surface area contributed by atoms with Gasteiger partial charge < -0.3 is 10.2 Å². The van der Waals surface area contributed by atoms with E-state index in [1.165, 1.54) is 4.90 Å². The van der Waals surface area contributed by atoms with Crippen LogP contribution in [0, 0.1) is 6.92 Å². The van der Waals surface area contributed by atoms with Gasteiger partial charge in [0.2, 0.25) is 11.8 Å². The maximum Gasteiger partial charge on any atom is 0.264 e. The van der Waals surface area contributed by atoms with E-state index in [0.29, 0.717) is 5.69 Å². The molecular weight excluding hydrogens is 638 g/mol. The highest BCUT2D eigenvalue weighted by Crippen LogP contribution is 2.27. The van der Waals surface area contributed by atoms with Gasteiger partial charge in [0.05, 0.1) is 10.6 Å². The summed E-state index contributed by atoms with van der Waals surface area (Å²) in [6, 6.07) is 31.3. The second-order valence-corrected chi connectivity index (χ2v) is 13.6. The van der Waals surface area contributed by atoms with Gasteiger partial charge in [-0.15, -0.1) is 0 Å². The van der Waals surface area contributed by atoms with E-state index in [0.717, 1.165) is 31.9 Å². The van der Waals surface area contributed by atoms with Gasteiger partial charge in [0.1, 0.15) is 12.6 Å². The first-order chi connectivity index (χ1) is 21.1. The fourth-order valence-electron chi connectivity index (χ4n) is 4.75. The summed E-state index contributed by atoms with van der Waals surface area (Å²) < 4.78 is 30.1. The number of aryl methyl sites for hydroxylation is 1. The molecule has 7 nitrogen and oxygen atoms in total. The van der Waals surface area contributed by atoms with Crippen LogP contribution in [0.15, 0.2) is 119 Å². The fraction of sp³-hybridized carbons (Fsp3) is 0.257. The molecule has 1 N–H and O–H groups in total. The van der Waals surface area contributed by atoms with E-state index in [4.69, 9.17) is 0 Å². The monoisotopic (exact) mass is 675 g/mol. The van der Waals surface area contributed by atoms with E-state index in [1.54, 1.807) is 48.5 Å². The zero-order chi connectivity index (χ0) is 31.7. The molecule has 230 valence electrons. The van der Waals surface area contributed by atoms with Crippen LogP contribution < -0.4 is 9.62 Å². The molecule has 2 amide bonds. The number of carbonyl (C=O) groups is 2. The van der Waals surface area contributed by atoms with Gasteiger partial charge in [0.25, 0.3) is 10.0 Å². The van der Waals surface area contributed by atoms with Gasteiger partial charge in [-0.05, 0) is 67.8 Å². The molecule has 9 heteroatoms. The molecule has 0 radical (unpaired) electrons. The standard InChI is InChI=1S/C35H38BrN3O4S/c1-4-27(3)37-35(41)33(23-28-11-7-5-8-12-28)38(24-29-13-9-6-10-14-29)34(40)25-39(31-19-17-30(36)18-20-31)44(42,43)32-21-15-26(2)16-22-32/h5-22,27,33H,4,23-25H2,1-3H3,(H,37,41)/t27-,33-/m0/s1. The van der Waals surface area contributed by atoms with Crippen molar-refractivity contribution in [1.82, 2.24) is 10.2 Å². The lowest BCUT2D eigenvalue weighted by Gasteiger charge is -2.34. The molecule has 0 spiro atoms. The Labute approximate surface area is 269 Å². The summed E-state index contributed by atoms with van der Waals surface area (Å²) in [5.74, 6) is -0.781. The fourth-order valence-corrected chi connectivity index (χ4v) is 6.43. The number of hydrogen-bond acceptors (Lipinski definition) is 4. The maximum atomic E-state index is 14.5. The number of hydrogen-bond donors (Lipinski definition) is 1. The number of amides is 2. The van der Waals surface area contributed by atoms with Crippen molar-refractivity contribution in [2.75, 3.05) is 10.8 Å². The lowest BCUT2D eigenvalue weighted by molar-refractivity contribution is -0.140. The van der Waals surface area contributed by atoms with Crippen molar-refractivity contribution in [3.05, 3.63) is 130 Å². The van der Waals surface area contributed by atoms with Gasteiger partial charge in [-0.2, -0.15) is 0 Å². The summed E-state index contributed by atoms with van der Waals surface area (Å²) >= 11 is 3.41. The number of benzene rings is 4. The van der Waals surface area contributed by atoms with E-state index in [2.05, 4.69) is 21.2 Å². The number of rotatable bonds is 13. The minimum Gasteiger partial charge on any atom is -0.352 e. The van der Waals surface area contributed by atoms with E-state index >= 15 is 0 Å². The number of sulfonamides is 1. The second-order valence-electron chi connectivity index (χ2n) is 10.8. The van der Waals surface area contributed by atoms with Crippen molar-refractivity contribution in [2.45, 2.75) is 57.1 Å². The van der Waals surface area contributed by atoms with Crippen LogP contribution in [0.3, 0.4) is 0 Å². The summed E-state index contributed by atoms with van der Waals surface area (Å²) in [5.41, 5.74) is 2.97. The zero-order valence-corrected chi connectivity index (χ0v) is 27.6. The number of anilines is 1. The Balaban J connectivity index is 1.79. The van der Waals surface area contributed by atoms with Gasteiger partial charge in [-0.25, -0.2) is 8.42 Å². The van der Waals surface area contributed by atoms with Crippen molar-refractivity contribution >= 4 is 43.5 Å². The lowest BCUT2D eigenvalue weighted by atomic mass is 10.0. The second kappa shape index (κ2) is 15.2. The minimum absolute atomic E-state index is 0.0729. The molecule has 0 heterocycles. The molecule has 0 fully saturated rings. The van der Waals surface area contributed by atoms with Crippen molar-refractivity contribution < 1.29 is 18.0 Å². The molecule has 0 aliphatic carbocycles. The van der Waals surface area contributed by atoms with Crippen LogP contribution in [0.5, 0.6) is 0 Å². The smallest absolute Gasteiger partial charge is 0.264 e. The quantitative estimate of drug-likeness (QED) is 0.175. The maximum absolute atomic E-state index is 14.5. The molecule has 0 unspecified atom stereocenters. The molecule has 4 rings (SSSR count). The number of halogens is 1. The Morgan fingerprint density at radius 3 is 1.95 bits per heavy atom. The molecule has 2 atom stereocenters. The first-order valence-corrected chi connectivity index (χ1v) is 16.8. The molecule has 4 aromatic rings. The third kappa shape index (κ3) is 8.57. The van der Waals surface area contributed by atoms with Gasteiger partial charge >= 0.3 is 0 Å². The molecule has 0 aromatic heterocycles. The number of nitrogens with zero attached hydrogens (tertiary/aromatic N) is 2. The lowest BCUT2D eigenvalue weighted by Crippen LogP contribution is -2.54. The van der Waals surface area contributed by atoms with E-state index in [9.17, 15) is 18.0 Å². The summed E-state index contributed by atoms with van der Waals surface area (Å²) in [4.78, 5) is 29.9. The van der Waals surface area contributed by atoms with Gasteiger partial charge in [0, 0.05) is 23.5 Å². The average molecular weight is 677 g/mol. The molecule has 0 saturated carbocycles. The Kier molecular flexibility index (Phi) is 11.4. The normalized spacial score (nSPS) is 12.6. The molecule has 0 aliphatic rings. The summed E-state index contributed by atoms with van der Waals surface area (Å²) in [6.45, 7) is 5.42. The Morgan fingerprint density at radius 2 is 1.39 bits per heavy atom. The van der Waals surface area contributed by atoms with Crippen LogP contribution in [-0.2, 0) is 32.6 Å². The van der Waals surface area contributed by atoms with Crippen LogP contribution in [0.25, 0.3) is 0 Å².